The number of benzene rings is 1. The van der Waals surface area contributed by atoms with Gasteiger partial charge in [0.1, 0.15) is 17.5 Å². The van der Waals surface area contributed by atoms with Crippen molar-refractivity contribution in [3.05, 3.63) is 72.1 Å². The van der Waals surface area contributed by atoms with Crippen molar-refractivity contribution in [1.29, 1.82) is 0 Å². The quantitative estimate of drug-likeness (QED) is 0.282. The Kier molecular flexibility index (Phi) is 6.74. The van der Waals surface area contributed by atoms with Crippen molar-refractivity contribution in [3.8, 4) is 28.8 Å². The number of halogens is 1. The molecule has 2 unspecified atom stereocenters. The molecule has 0 spiro atoms. The van der Waals surface area contributed by atoms with Crippen LogP contribution in [0.25, 0.3) is 34.1 Å². The minimum atomic E-state index is -1.08. The zero-order chi connectivity index (χ0) is 30.7. The lowest BCUT2D eigenvalue weighted by Crippen LogP contribution is -2.53. The Morgan fingerprint density at radius 1 is 1.09 bits per heavy atom. The van der Waals surface area contributed by atoms with Crippen molar-refractivity contribution < 1.29 is 13.9 Å². The van der Waals surface area contributed by atoms with E-state index < -0.39 is 6.17 Å². The predicted molar refractivity (Wildman–Crippen MR) is 167 cm³/mol. The zero-order valence-corrected chi connectivity index (χ0v) is 24.9. The Bertz CT molecular complexity index is 1920. The number of likely N-dealkylation sites (tertiary alicyclic amines) is 1. The fraction of sp³-hybridized carbons (Fsp3) is 0.364. The van der Waals surface area contributed by atoms with Crippen molar-refractivity contribution >= 4 is 22.9 Å². The van der Waals surface area contributed by atoms with Crippen LogP contribution in [0.4, 0.5) is 10.2 Å². The summed E-state index contributed by atoms with van der Waals surface area (Å²) in [4.78, 5) is 28.4. The van der Waals surface area contributed by atoms with E-state index >= 15 is 4.39 Å². The summed E-state index contributed by atoms with van der Waals surface area (Å²) in [6, 6.07) is 15.4. The van der Waals surface area contributed by atoms with Crippen molar-refractivity contribution in [2.45, 2.75) is 50.4 Å². The number of rotatable bonds is 7. The minimum absolute atomic E-state index is 0.0514. The summed E-state index contributed by atoms with van der Waals surface area (Å²) >= 11 is 0. The lowest BCUT2D eigenvalue weighted by atomic mass is 9.99. The molecule has 2 fully saturated rings. The number of carbonyl (C=O) groups is 1. The third kappa shape index (κ3) is 4.98. The number of fused-ring (bicyclic) bond motifs is 2. The lowest BCUT2D eigenvalue weighted by Gasteiger charge is -2.36. The molecule has 0 bridgehead atoms. The van der Waals surface area contributed by atoms with Crippen LogP contribution in [-0.2, 0) is 11.2 Å². The topological polar surface area (TPSA) is 129 Å². The second-order valence-corrected chi connectivity index (χ2v) is 12.1. The fourth-order valence-corrected chi connectivity index (χ4v) is 6.71. The highest BCUT2D eigenvalue weighted by Crippen LogP contribution is 2.37. The van der Waals surface area contributed by atoms with Crippen LogP contribution in [0.5, 0.6) is 5.88 Å². The molecule has 3 aliphatic rings. The molecule has 2 aliphatic carbocycles. The zero-order valence-electron chi connectivity index (χ0n) is 24.9. The smallest absolute Gasteiger partial charge is 0.232 e. The van der Waals surface area contributed by atoms with Gasteiger partial charge in [-0.05, 0) is 79.6 Å². The first-order chi connectivity index (χ1) is 22.0. The summed E-state index contributed by atoms with van der Waals surface area (Å²) in [6.07, 6.45) is 6.62. The van der Waals surface area contributed by atoms with Crippen LogP contribution in [0.15, 0.2) is 60.9 Å². The van der Waals surface area contributed by atoms with E-state index in [0.717, 1.165) is 31.4 Å². The molecular formula is C33H34FN9O2. The summed E-state index contributed by atoms with van der Waals surface area (Å²) in [5.74, 6) is 2.37. The Balaban J connectivity index is 1.12. The van der Waals surface area contributed by atoms with Crippen LogP contribution in [-0.4, -0.2) is 72.5 Å². The second-order valence-electron chi connectivity index (χ2n) is 12.1. The standard InChI is InChI=1S/C33H34FN9O2/c1-45-29-13-16-42(40-29)28-11-10-27-32(39-28)43(31(38-27)23-3-2-14-36-30(23)35)21-7-8-22-20(17-21)6-9-25(22)37-26-12-15-41(18-24(26)34)33(44)19-4-5-19/h2-3,7-8,10-11,13-14,16-17,19,24-26,37H,4-6,9,12,15,18H2,1H3,(H2,35,36)/t24?,25-,26?/m0/s1. The number of aryl methyl sites for hydroxylation is 1. The first kappa shape index (κ1) is 27.7. The highest BCUT2D eigenvalue weighted by atomic mass is 19.1. The summed E-state index contributed by atoms with van der Waals surface area (Å²) < 4.78 is 24.2. The molecule has 1 aromatic carbocycles. The molecular weight excluding hydrogens is 573 g/mol. The normalized spacial score (nSPS) is 21.3. The molecule has 1 saturated carbocycles. The number of nitrogen functional groups attached to an aromatic ring is 1. The molecule has 3 atom stereocenters. The molecule has 12 heteroatoms. The number of nitrogens with two attached hydrogens (primary N) is 1. The Morgan fingerprint density at radius 2 is 1.98 bits per heavy atom. The summed E-state index contributed by atoms with van der Waals surface area (Å²) in [5.41, 5.74) is 11.7. The third-order valence-electron chi connectivity index (χ3n) is 9.24. The van der Waals surface area contributed by atoms with Gasteiger partial charge in [-0.25, -0.2) is 24.0 Å². The van der Waals surface area contributed by atoms with Crippen molar-refractivity contribution in [3.63, 3.8) is 0 Å². The number of amides is 1. The number of aromatic nitrogens is 6. The van der Waals surface area contributed by atoms with Crippen LogP contribution in [0.1, 0.15) is 42.9 Å². The van der Waals surface area contributed by atoms with Gasteiger partial charge in [0.2, 0.25) is 11.8 Å². The molecule has 1 saturated heterocycles. The number of nitrogens with zero attached hydrogens (tertiary/aromatic N) is 7. The second kappa shape index (κ2) is 11.0. The Hall–Kier alpha value is -4.84. The summed E-state index contributed by atoms with van der Waals surface area (Å²) in [7, 11) is 1.58. The van der Waals surface area contributed by atoms with Gasteiger partial charge >= 0.3 is 0 Å². The highest BCUT2D eigenvalue weighted by Gasteiger charge is 2.39. The number of carbonyl (C=O) groups excluding carboxylic acids is 1. The number of hydrogen-bond donors (Lipinski definition) is 2. The molecule has 5 heterocycles. The van der Waals surface area contributed by atoms with Crippen LogP contribution >= 0.6 is 0 Å². The van der Waals surface area contributed by atoms with Gasteiger partial charge in [-0.3, -0.25) is 9.36 Å². The van der Waals surface area contributed by atoms with E-state index in [1.807, 2.05) is 28.8 Å². The van der Waals surface area contributed by atoms with Gasteiger partial charge in [-0.15, -0.1) is 5.10 Å². The number of imidazole rings is 1. The van der Waals surface area contributed by atoms with Gasteiger partial charge in [0.05, 0.1) is 19.2 Å². The fourth-order valence-electron chi connectivity index (χ4n) is 6.71. The van der Waals surface area contributed by atoms with Gasteiger partial charge in [0.25, 0.3) is 0 Å². The van der Waals surface area contributed by atoms with Crippen molar-refractivity contribution in [1.82, 2.24) is 39.5 Å². The molecule has 5 aromatic rings. The first-order valence-corrected chi connectivity index (χ1v) is 15.5. The number of anilines is 1. The largest absolute Gasteiger partial charge is 0.480 e. The molecule has 1 aliphatic heterocycles. The number of ether oxygens (including phenoxy) is 1. The highest BCUT2D eigenvalue weighted by molar-refractivity contribution is 5.83. The SMILES string of the molecule is COc1ccn(-c2ccc3nc(-c4cccnc4N)n(-c4ccc5c(c4)CC[C@@H]5NC4CCN(C(=O)C5CC5)CC4F)c3n2)n1. The van der Waals surface area contributed by atoms with Crippen LogP contribution < -0.4 is 15.8 Å². The van der Waals surface area contributed by atoms with E-state index in [4.69, 9.17) is 20.4 Å². The van der Waals surface area contributed by atoms with E-state index in [-0.39, 0.29) is 30.5 Å². The first-order valence-electron chi connectivity index (χ1n) is 15.5. The Labute approximate surface area is 259 Å². The van der Waals surface area contributed by atoms with Crippen molar-refractivity contribution in [2.24, 2.45) is 5.92 Å². The number of pyridine rings is 2. The number of hydrogen-bond acceptors (Lipinski definition) is 8. The summed E-state index contributed by atoms with van der Waals surface area (Å²) in [5, 5.41) is 8.04. The molecule has 0 radical (unpaired) electrons. The maximum atomic E-state index is 15.3. The average Bonchev–Trinajstić information content (AvgIpc) is 3.48. The molecule has 230 valence electrons. The minimum Gasteiger partial charge on any atom is -0.480 e. The van der Waals surface area contributed by atoms with E-state index in [1.165, 1.54) is 11.1 Å². The number of alkyl halides is 1. The van der Waals surface area contributed by atoms with Crippen LogP contribution in [0.2, 0.25) is 0 Å². The molecule has 45 heavy (non-hydrogen) atoms. The Morgan fingerprint density at radius 3 is 2.76 bits per heavy atom. The molecule has 1 amide bonds. The maximum absolute atomic E-state index is 15.3. The number of methoxy groups -OCH3 is 1. The van der Waals surface area contributed by atoms with Crippen LogP contribution in [0, 0.1) is 5.92 Å². The van der Waals surface area contributed by atoms with Gasteiger partial charge in [0.15, 0.2) is 17.3 Å². The van der Waals surface area contributed by atoms with E-state index in [2.05, 4.69) is 33.6 Å². The predicted octanol–water partition coefficient (Wildman–Crippen LogP) is 4.18. The van der Waals surface area contributed by atoms with E-state index in [1.54, 1.807) is 35.2 Å². The third-order valence-corrected chi connectivity index (χ3v) is 9.24. The van der Waals surface area contributed by atoms with E-state index in [0.29, 0.717) is 53.0 Å². The monoisotopic (exact) mass is 607 g/mol. The van der Waals surface area contributed by atoms with Crippen molar-refractivity contribution in [2.75, 3.05) is 25.9 Å². The lowest BCUT2D eigenvalue weighted by molar-refractivity contribution is -0.135. The number of piperidine rings is 1. The summed E-state index contributed by atoms with van der Waals surface area (Å²) in [6.45, 7) is 0.792. The molecule has 11 nitrogen and oxygen atoms in total. The maximum Gasteiger partial charge on any atom is 0.232 e. The van der Waals surface area contributed by atoms with E-state index in [9.17, 15) is 4.79 Å². The molecule has 3 N–H and O–H groups in total. The molecule has 8 rings (SSSR count). The van der Waals surface area contributed by atoms with Crippen LogP contribution in [0.3, 0.4) is 0 Å². The molecule has 4 aromatic heterocycles. The van der Waals surface area contributed by atoms with Gasteiger partial charge in [-0.1, -0.05) is 6.07 Å². The van der Waals surface area contributed by atoms with Gasteiger partial charge in [-0.2, -0.15) is 0 Å². The van der Waals surface area contributed by atoms with Gasteiger partial charge < -0.3 is 20.7 Å². The van der Waals surface area contributed by atoms with Gasteiger partial charge in [0, 0.05) is 48.7 Å². The average molecular weight is 608 g/mol. The number of nitrogens with one attached hydrogen (secondary N) is 1.